The quantitative estimate of drug-likeness (QED) is 0.370. The van der Waals surface area contributed by atoms with Crippen molar-refractivity contribution < 1.29 is 4.92 Å². The lowest BCUT2D eigenvalue weighted by Gasteiger charge is -2.06. The number of nitrogens with two attached hydrogens (primary N) is 1. The maximum absolute atomic E-state index is 11.1. The summed E-state index contributed by atoms with van der Waals surface area (Å²) in [5.74, 6) is 5.37. The number of aromatic nitrogens is 3. The van der Waals surface area contributed by atoms with E-state index in [0.29, 0.717) is 5.03 Å². The lowest BCUT2D eigenvalue weighted by molar-refractivity contribution is -0.389. The average Bonchev–Trinajstić information content (AvgIpc) is 2.40. The van der Waals surface area contributed by atoms with Crippen molar-refractivity contribution in [2.24, 2.45) is 5.84 Å². The lowest BCUT2D eigenvalue weighted by atomic mass is 10.4. The zero-order chi connectivity index (χ0) is 14.7. The summed E-state index contributed by atoms with van der Waals surface area (Å²) in [6, 6.07) is 3.52. The first kappa shape index (κ1) is 14.6. The molecule has 3 N–H and O–H groups in total. The molecule has 2 rings (SSSR count). The van der Waals surface area contributed by atoms with Gasteiger partial charge in [0.1, 0.15) is 10.7 Å². The van der Waals surface area contributed by atoms with Gasteiger partial charge >= 0.3 is 5.69 Å². The highest BCUT2D eigenvalue weighted by Crippen LogP contribution is 2.34. The van der Waals surface area contributed by atoms with Gasteiger partial charge in [0.25, 0.3) is 0 Å². The molecule has 0 saturated carbocycles. The third kappa shape index (κ3) is 3.21. The smallest absolute Gasteiger partial charge is 0.292 e. The standard InChI is InChI=1S/C10H9BrN6O2S/c1-5-8(17(18)19)9(15-10(14-5)16-12)20-7-3-2-6(11)4-13-7/h2-4H,12H2,1H3,(H,14,15,16). The molecule has 0 spiro atoms. The summed E-state index contributed by atoms with van der Waals surface area (Å²) in [4.78, 5) is 22.7. The first-order valence-electron chi connectivity index (χ1n) is 5.30. The largest absolute Gasteiger partial charge is 0.322 e. The van der Waals surface area contributed by atoms with E-state index in [2.05, 4.69) is 36.3 Å². The number of hydrazine groups is 1. The molecule has 104 valence electrons. The Kier molecular flexibility index (Phi) is 4.47. The first-order chi connectivity index (χ1) is 9.51. The molecule has 2 aromatic heterocycles. The number of nitrogen functional groups attached to an aromatic ring is 1. The zero-order valence-electron chi connectivity index (χ0n) is 10.2. The second kappa shape index (κ2) is 6.11. The van der Waals surface area contributed by atoms with Gasteiger partial charge in [-0.15, -0.1) is 0 Å². The molecule has 0 aromatic carbocycles. The summed E-state index contributed by atoms with van der Waals surface area (Å²) in [6.07, 6.45) is 1.60. The highest BCUT2D eigenvalue weighted by Gasteiger charge is 2.23. The molecule has 0 unspecified atom stereocenters. The zero-order valence-corrected chi connectivity index (χ0v) is 12.6. The predicted octanol–water partition coefficient (Wildman–Crippen LogP) is 2.29. The van der Waals surface area contributed by atoms with Gasteiger partial charge in [-0.25, -0.2) is 15.8 Å². The van der Waals surface area contributed by atoms with E-state index >= 15 is 0 Å². The summed E-state index contributed by atoms with van der Waals surface area (Å²) in [7, 11) is 0. The third-order valence-corrected chi connectivity index (χ3v) is 3.64. The number of rotatable bonds is 4. The van der Waals surface area contributed by atoms with Gasteiger partial charge < -0.3 is 0 Å². The summed E-state index contributed by atoms with van der Waals surface area (Å²) in [5.41, 5.74) is 2.36. The Morgan fingerprint density at radius 1 is 1.45 bits per heavy atom. The Balaban J connectivity index is 2.45. The van der Waals surface area contributed by atoms with E-state index in [1.807, 2.05) is 0 Å². The summed E-state index contributed by atoms with van der Waals surface area (Å²) in [5, 5.41) is 11.9. The Morgan fingerprint density at radius 2 is 2.20 bits per heavy atom. The molecule has 2 aromatic rings. The van der Waals surface area contributed by atoms with Crippen molar-refractivity contribution >= 4 is 39.3 Å². The third-order valence-electron chi connectivity index (χ3n) is 2.24. The highest BCUT2D eigenvalue weighted by molar-refractivity contribution is 9.10. The molecule has 0 amide bonds. The van der Waals surface area contributed by atoms with E-state index in [1.54, 1.807) is 18.3 Å². The van der Waals surface area contributed by atoms with Gasteiger partial charge in [-0.05, 0) is 46.7 Å². The van der Waals surface area contributed by atoms with Gasteiger partial charge in [-0.2, -0.15) is 4.98 Å². The average molecular weight is 357 g/mol. The van der Waals surface area contributed by atoms with Crippen molar-refractivity contribution in [1.29, 1.82) is 0 Å². The van der Waals surface area contributed by atoms with Crippen LogP contribution in [0.2, 0.25) is 0 Å². The number of hydrogen-bond donors (Lipinski definition) is 2. The Labute approximate surface area is 126 Å². The van der Waals surface area contributed by atoms with E-state index in [9.17, 15) is 10.1 Å². The van der Waals surface area contributed by atoms with Crippen LogP contribution < -0.4 is 11.3 Å². The second-order valence-corrected chi connectivity index (χ2v) is 5.53. The van der Waals surface area contributed by atoms with Crippen LogP contribution in [0, 0.1) is 17.0 Å². The predicted molar refractivity (Wildman–Crippen MR) is 77.3 cm³/mol. The van der Waals surface area contributed by atoms with Gasteiger partial charge in [0.2, 0.25) is 5.95 Å². The van der Waals surface area contributed by atoms with Crippen molar-refractivity contribution in [3.8, 4) is 0 Å². The van der Waals surface area contributed by atoms with Gasteiger partial charge in [-0.3, -0.25) is 15.5 Å². The topological polar surface area (TPSA) is 120 Å². The molecule has 0 radical (unpaired) electrons. The van der Waals surface area contributed by atoms with Crippen LogP contribution in [-0.2, 0) is 0 Å². The summed E-state index contributed by atoms with van der Waals surface area (Å²) in [6.45, 7) is 1.53. The fourth-order valence-electron chi connectivity index (χ4n) is 1.41. The van der Waals surface area contributed by atoms with Crippen LogP contribution in [0.3, 0.4) is 0 Å². The van der Waals surface area contributed by atoms with Crippen LogP contribution in [0.25, 0.3) is 0 Å². The molecule has 0 aliphatic heterocycles. The fraction of sp³-hybridized carbons (Fsp3) is 0.100. The number of nitrogens with zero attached hydrogens (tertiary/aromatic N) is 4. The lowest BCUT2D eigenvalue weighted by Crippen LogP contribution is -2.12. The minimum absolute atomic E-state index is 0.118. The van der Waals surface area contributed by atoms with Crippen LogP contribution in [0.4, 0.5) is 11.6 Å². The van der Waals surface area contributed by atoms with E-state index < -0.39 is 4.92 Å². The van der Waals surface area contributed by atoms with Gasteiger partial charge in [-0.1, -0.05) is 0 Å². The molecule has 0 aliphatic carbocycles. The van der Waals surface area contributed by atoms with Crippen LogP contribution in [0.1, 0.15) is 5.69 Å². The van der Waals surface area contributed by atoms with Gasteiger partial charge in [0.05, 0.1) is 4.92 Å². The van der Waals surface area contributed by atoms with Crippen LogP contribution in [0.15, 0.2) is 32.9 Å². The SMILES string of the molecule is Cc1nc(NN)nc(Sc2ccc(Br)cn2)c1[N+](=O)[O-]. The number of nitro groups is 1. The first-order valence-corrected chi connectivity index (χ1v) is 6.91. The highest BCUT2D eigenvalue weighted by atomic mass is 79.9. The van der Waals surface area contributed by atoms with Crippen LogP contribution in [0.5, 0.6) is 0 Å². The Hall–Kier alpha value is -1.78. The number of hydrogen-bond acceptors (Lipinski definition) is 8. The monoisotopic (exact) mass is 356 g/mol. The van der Waals surface area contributed by atoms with Crippen LogP contribution in [-0.4, -0.2) is 19.9 Å². The number of nitrogens with one attached hydrogen (secondary N) is 1. The van der Waals surface area contributed by atoms with Crippen LogP contribution >= 0.6 is 27.7 Å². The van der Waals surface area contributed by atoms with E-state index in [-0.39, 0.29) is 22.4 Å². The molecule has 8 nitrogen and oxygen atoms in total. The maximum Gasteiger partial charge on any atom is 0.322 e. The molecule has 0 bridgehead atoms. The number of aryl methyl sites for hydroxylation is 1. The van der Waals surface area contributed by atoms with Crippen molar-refractivity contribution in [3.05, 3.63) is 38.6 Å². The molecule has 20 heavy (non-hydrogen) atoms. The van der Waals surface area contributed by atoms with E-state index in [1.165, 1.54) is 6.92 Å². The van der Waals surface area contributed by atoms with E-state index in [4.69, 9.17) is 5.84 Å². The number of anilines is 1. The molecule has 0 atom stereocenters. The normalized spacial score (nSPS) is 10.3. The minimum Gasteiger partial charge on any atom is -0.292 e. The van der Waals surface area contributed by atoms with E-state index in [0.717, 1.165) is 16.2 Å². The number of halogens is 1. The molecule has 2 heterocycles. The maximum atomic E-state index is 11.1. The minimum atomic E-state index is -0.517. The summed E-state index contributed by atoms with van der Waals surface area (Å²) < 4.78 is 0.819. The Morgan fingerprint density at radius 3 is 2.75 bits per heavy atom. The summed E-state index contributed by atoms with van der Waals surface area (Å²) >= 11 is 4.35. The van der Waals surface area contributed by atoms with Gasteiger partial charge in [0, 0.05) is 10.7 Å². The van der Waals surface area contributed by atoms with Crippen molar-refractivity contribution in [1.82, 2.24) is 15.0 Å². The molecule has 0 aliphatic rings. The molecule has 0 saturated heterocycles. The second-order valence-electron chi connectivity index (χ2n) is 3.60. The number of pyridine rings is 1. The molecular formula is C10H9BrN6O2S. The van der Waals surface area contributed by atoms with Crippen molar-refractivity contribution in [2.45, 2.75) is 17.0 Å². The molecule has 10 heteroatoms. The van der Waals surface area contributed by atoms with Crippen molar-refractivity contribution in [2.75, 3.05) is 5.43 Å². The molecule has 0 fully saturated rings. The molecular weight excluding hydrogens is 348 g/mol. The van der Waals surface area contributed by atoms with Gasteiger partial charge in [0.15, 0.2) is 5.03 Å². The Bertz CT molecular complexity index is 651. The van der Waals surface area contributed by atoms with Crippen molar-refractivity contribution in [3.63, 3.8) is 0 Å². The fourth-order valence-corrected chi connectivity index (χ4v) is 2.53.